The number of hydrogen-bond donors (Lipinski definition) is 1. The van der Waals surface area contributed by atoms with E-state index in [1.54, 1.807) is 13.2 Å². The van der Waals surface area contributed by atoms with Crippen LogP contribution in [0.25, 0.3) is 11.3 Å². The lowest BCUT2D eigenvalue weighted by molar-refractivity contribution is 0.0952. The van der Waals surface area contributed by atoms with Gasteiger partial charge in [-0.15, -0.1) is 0 Å². The molecule has 1 aromatic heterocycles. The fraction of sp³-hybridized carbons (Fsp3) is 0.227. The van der Waals surface area contributed by atoms with E-state index in [2.05, 4.69) is 10.3 Å². The molecule has 3 aromatic rings. The third-order valence-electron chi connectivity index (χ3n) is 4.67. The molecule has 0 atom stereocenters. The number of ether oxygens (including phenoxy) is 1. The predicted molar refractivity (Wildman–Crippen MR) is 109 cm³/mol. The Morgan fingerprint density at radius 2 is 1.82 bits per heavy atom. The standard InChI is InChI=1S/C22H23N3O3/c1-15-4-5-18(12-16(15)2)22(27)23-10-11-25-14-24-20(13-21(25)26)17-6-8-19(28-3)9-7-17/h4-9,12-14H,10-11H2,1-3H3,(H,23,27). The maximum Gasteiger partial charge on any atom is 0.253 e. The number of nitrogens with one attached hydrogen (secondary N) is 1. The number of carbonyl (C=O) groups is 1. The summed E-state index contributed by atoms with van der Waals surface area (Å²) in [5.41, 5.74) is 4.11. The molecule has 0 bridgehead atoms. The highest BCUT2D eigenvalue weighted by Crippen LogP contribution is 2.19. The molecule has 0 aliphatic heterocycles. The van der Waals surface area contributed by atoms with Crippen molar-refractivity contribution < 1.29 is 9.53 Å². The van der Waals surface area contributed by atoms with Crippen molar-refractivity contribution in [3.05, 3.63) is 81.9 Å². The summed E-state index contributed by atoms with van der Waals surface area (Å²) >= 11 is 0. The molecule has 1 heterocycles. The largest absolute Gasteiger partial charge is 0.497 e. The van der Waals surface area contributed by atoms with E-state index in [4.69, 9.17) is 4.74 Å². The van der Waals surface area contributed by atoms with Gasteiger partial charge in [-0.05, 0) is 61.4 Å². The van der Waals surface area contributed by atoms with Crippen LogP contribution >= 0.6 is 0 Å². The summed E-state index contributed by atoms with van der Waals surface area (Å²) in [5, 5.41) is 2.84. The number of nitrogens with zero attached hydrogens (tertiary/aromatic N) is 2. The summed E-state index contributed by atoms with van der Waals surface area (Å²) in [6, 6.07) is 14.4. The van der Waals surface area contributed by atoms with Gasteiger partial charge >= 0.3 is 0 Å². The number of aromatic nitrogens is 2. The molecule has 0 aliphatic rings. The van der Waals surface area contributed by atoms with Crippen LogP contribution in [0, 0.1) is 13.8 Å². The Kier molecular flexibility index (Phi) is 5.89. The second-order valence-corrected chi connectivity index (χ2v) is 6.59. The van der Waals surface area contributed by atoms with Gasteiger partial charge in [-0.2, -0.15) is 0 Å². The summed E-state index contributed by atoms with van der Waals surface area (Å²) in [6.45, 7) is 4.67. The van der Waals surface area contributed by atoms with Gasteiger partial charge in [0.25, 0.3) is 11.5 Å². The number of carbonyl (C=O) groups excluding carboxylic acids is 1. The fourth-order valence-electron chi connectivity index (χ4n) is 2.79. The summed E-state index contributed by atoms with van der Waals surface area (Å²) in [6.07, 6.45) is 1.50. The van der Waals surface area contributed by atoms with Crippen LogP contribution in [0.4, 0.5) is 0 Å². The predicted octanol–water partition coefficient (Wildman–Crippen LogP) is 2.97. The Bertz CT molecular complexity index is 1040. The Hall–Kier alpha value is -3.41. The van der Waals surface area contributed by atoms with Gasteiger partial charge in [-0.3, -0.25) is 14.2 Å². The van der Waals surface area contributed by atoms with Crippen molar-refractivity contribution >= 4 is 5.91 Å². The van der Waals surface area contributed by atoms with E-state index in [1.165, 1.54) is 17.0 Å². The number of methoxy groups -OCH3 is 1. The molecule has 3 rings (SSSR count). The maximum atomic E-state index is 12.3. The van der Waals surface area contributed by atoms with Gasteiger partial charge in [0.2, 0.25) is 0 Å². The Morgan fingerprint density at radius 3 is 2.46 bits per heavy atom. The molecular weight excluding hydrogens is 354 g/mol. The first-order valence-electron chi connectivity index (χ1n) is 9.04. The molecule has 0 saturated carbocycles. The molecule has 6 heteroatoms. The summed E-state index contributed by atoms with van der Waals surface area (Å²) in [5.74, 6) is 0.593. The molecule has 0 unspecified atom stereocenters. The first-order valence-corrected chi connectivity index (χ1v) is 9.04. The van der Waals surface area contributed by atoms with Gasteiger partial charge in [0.1, 0.15) is 5.75 Å². The quantitative estimate of drug-likeness (QED) is 0.717. The molecule has 6 nitrogen and oxygen atoms in total. The van der Waals surface area contributed by atoms with E-state index >= 15 is 0 Å². The molecule has 1 amide bonds. The zero-order chi connectivity index (χ0) is 20.1. The van der Waals surface area contributed by atoms with E-state index in [9.17, 15) is 9.59 Å². The molecule has 0 saturated heterocycles. The van der Waals surface area contributed by atoms with Crippen molar-refractivity contribution in [1.82, 2.24) is 14.9 Å². The van der Waals surface area contributed by atoms with Crippen molar-refractivity contribution in [2.45, 2.75) is 20.4 Å². The number of aryl methyl sites for hydroxylation is 2. The maximum absolute atomic E-state index is 12.3. The first kappa shape index (κ1) is 19.4. The summed E-state index contributed by atoms with van der Waals surface area (Å²) in [4.78, 5) is 29.0. The van der Waals surface area contributed by atoms with Crippen LogP contribution in [0.1, 0.15) is 21.5 Å². The summed E-state index contributed by atoms with van der Waals surface area (Å²) in [7, 11) is 1.60. The zero-order valence-corrected chi connectivity index (χ0v) is 16.2. The van der Waals surface area contributed by atoms with Gasteiger partial charge in [0, 0.05) is 30.3 Å². The normalized spacial score (nSPS) is 10.5. The monoisotopic (exact) mass is 377 g/mol. The molecule has 0 radical (unpaired) electrons. The molecule has 1 N–H and O–H groups in total. The smallest absolute Gasteiger partial charge is 0.253 e. The van der Waals surface area contributed by atoms with Crippen molar-refractivity contribution in [3.8, 4) is 17.0 Å². The first-order chi connectivity index (χ1) is 13.5. The van der Waals surface area contributed by atoms with Crippen molar-refractivity contribution in [3.63, 3.8) is 0 Å². The fourth-order valence-corrected chi connectivity index (χ4v) is 2.79. The number of benzene rings is 2. The molecule has 0 aliphatic carbocycles. The minimum Gasteiger partial charge on any atom is -0.497 e. The number of rotatable bonds is 6. The highest BCUT2D eigenvalue weighted by atomic mass is 16.5. The van der Waals surface area contributed by atoms with Crippen molar-refractivity contribution in [1.29, 1.82) is 0 Å². The second kappa shape index (κ2) is 8.52. The number of hydrogen-bond acceptors (Lipinski definition) is 4. The summed E-state index contributed by atoms with van der Waals surface area (Å²) < 4.78 is 6.61. The number of amides is 1. The van der Waals surface area contributed by atoms with Crippen molar-refractivity contribution in [2.24, 2.45) is 0 Å². The Morgan fingerprint density at radius 1 is 1.07 bits per heavy atom. The van der Waals surface area contributed by atoms with E-state index in [-0.39, 0.29) is 11.5 Å². The lowest BCUT2D eigenvalue weighted by atomic mass is 10.1. The van der Waals surface area contributed by atoms with E-state index in [0.717, 1.165) is 22.4 Å². The molecule has 0 spiro atoms. The molecule has 144 valence electrons. The second-order valence-electron chi connectivity index (χ2n) is 6.59. The minimum absolute atomic E-state index is 0.154. The van der Waals surface area contributed by atoms with Crippen LogP contribution in [0.15, 0.2) is 59.7 Å². The minimum atomic E-state index is -0.166. The highest BCUT2D eigenvalue weighted by molar-refractivity contribution is 5.94. The zero-order valence-electron chi connectivity index (χ0n) is 16.2. The van der Waals surface area contributed by atoms with Crippen LogP contribution in [0.5, 0.6) is 5.75 Å². The third-order valence-corrected chi connectivity index (χ3v) is 4.67. The third kappa shape index (κ3) is 4.46. The van der Waals surface area contributed by atoms with Gasteiger partial charge in [-0.25, -0.2) is 4.98 Å². The van der Waals surface area contributed by atoms with E-state index in [1.807, 2.05) is 50.2 Å². The van der Waals surface area contributed by atoms with Gasteiger partial charge in [0.05, 0.1) is 19.1 Å². The lowest BCUT2D eigenvalue weighted by Crippen LogP contribution is -2.30. The molecule has 2 aromatic carbocycles. The van der Waals surface area contributed by atoms with Crippen LogP contribution in [0.3, 0.4) is 0 Å². The Balaban J connectivity index is 1.62. The SMILES string of the molecule is COc1ccc(-c2cc(=O)n(CCNC(=O)c3ccc(C)c(C)c3)cn2)cc1. The van der Waals surface area contributed by atoms with Crippen LogP contribution in [-0.2, 0) is 6.54 Å². The van der Waals surface area contributed by atoms with Crippen LogP contribution in [-0.4, -0.2) is 29.1 Å². The molecular formula is C22H23N3O3. The molecule has 0 fully saturated rings. The van der Waals surface area contributed by atoms with Gasteiger partial charge < -0.3 is 10.1 Å². The average Bonchev–Trinajstić information content (AvgIpc) is 2.71. The average molecular weight is 377 g/mol. The highest BCUT2D eigenvalue weighted by Gasteiger charge is 2.07. The van der Waals surface area contributed by atoms with Crippen molar-refractivity contribution in [2.75, 3.05) is 13.7 Å². The Labute approximate surface area is 163 Å². The molecule has 28 heavy (non-hydrogen) atoms. The van der Waals surface area contributed by atoms with E-state index in [0.29, 0.717) is 24.3 Å². The van der Waals surface area contributed by atoms with Crippen LogP contribution in [0.2, 0.25) is 0 Å². The van der Waals surface area contributed by atoms with Gasteiger partial charge in [0.15, 0.2) is 0 Å². The van der Waals surface area contributed by atoms with Crippen LogP contribution < -0.4 is 15.6 Å². The lowest BCUT2D eigenvalue weighted by Gasteiger charge is -2.09. The topological polar surface area (TPSA) is 73.2 Å². The van der Waals surface area contributed by atoms with Gasteiger partial charge in [-0.1, -0.05) is 6.07 Å². The van der Waals surface area contributed by atoms with E-state index < -0.39 is 0 Å².